The average molecular weight is 334 g/mol. The summed E-state index contributed by atoms with van der Waals surface area (Å²) in [4.78, 5) is 26.7. The molecule has 0 aliphatic rings. The van der Waals surface area contributed by atoms with E-state index in [2.05, 4.69) is 19.2 Å². The van der Waals surface area contributed by atoms with Gasteiger partial charge in [0, 0.05) is 0 Å². The third-order valence-electron chi connectivity index (χ3n) is 3.88. The molecule has 1 aromatic rings. The summed E-state index contributed by atoms with van der Waals surface area (Å²) in [7, 11) is 0. The molecule has 0 unspecified atom stereocenters. The Labute approximate surface area is 145 Å². The van der Waals surface area contributed by atoms with E-state index in [0.29, 0.717) is 12.5 Å². The fourth-order valence-electron chi connectivity index (χ4n) is 2.26. The summed E-state index contributed by atoms with van der Waals surface area (Å²) in [5.74, 6) is -0.117. The maximum Gasteiger partial charge on any atom is 0.333 e. The molecular formula is C19H30N2O3. The van der Waals surface area contributed by atoms with Gasteiger partial charge in [-0.05, 0) is 31.0 Å². The molecule has 0 saturated carbocycles. The molecule has 24 heavy (non-hydrogen) atoms. The molecule has 5 nitrogen and oxygen atoms in total. The number of ether oxygens (including phenoxy) is 1. The minimum Gasteiger partial charge on any atom is -0.464 e. The van der Waals surface area contributed by atoms with E-state index in [1.165, 1.54) is 0 Å². The van der Waals surface area contributed by atoms with Gasteiger partial charge in [-0.1, -0.05) is 58.0 Å². The van der Waals surface area contributed by atoms with Crippen LogP contribution in [-0.2, 0) is 14.3 Å². The lowest BCUT2D eigenvalue weighted by Gasteiger charge is -2.21. The Bertz CT molecular complexity index is 499. The Morgan fingerprint density at radius 2 is 1.75 bits per heavy atom. The fraction of sp³-hybridized carbons (Fsp3) is 0.579. The SMILES string of the molecule is CCN(CC)CC(=O)N[C@H](C(=O)OCCC(C)C)c1ccccc1. The van der Waals surface area contributed by atoms with Gasteiger partial charge in [-0.3, -0.25) is 9.69 Å². The standard InChI is InChI=1S/C19H30N2O3/c1-5-21(6-2)14-17(22)20-18(16-10-8-7-9-11-16)19(23)24-13-12-15(3)4/h7-11,15,18H,5-6,12-14H2,1-4H3,(H,20,22)/t18-/m0/s1. The molecule has 0 aliphatic carbocycles. The molecule has 0 fully saturated rings. The van der Waals surface area contributed by atoms with Crippen LogP contribution < -0.4 is 5.32 Å². The molecule has 1 amide bonds. The summed E-state index contributed by atoms with van der Waals surface area (Å²) in [6.07, 6.45) is 0.806. The molecule has 134 valence electrons. The monoisotopic (exact) mass is 334 g/mol. The van der Waals surface area contributed by atoms with Gasteiger partial charge in [-0.15, -0.1) is 0 Å². The zero-order chi connectivity index (χ0) is 17.9. The second-order valence-electron chi connectivity index (χ2n) is 6.22. The lowest BCUT2D eigenvalue weighted by Crippen LogP contribution is -2.41. The third kappa shape index (κ3) is 7.13. The highest BCUT2D eigenvalue weighted by Gasteiger charge is 2.24. The molecule has 0 aromatic heterocycles. The van der Waals surface area contributed by atoms with E-state index in [9.17, 15) is 9.59 Å². The summed E-state index contributed by atoms with van der Waals surface area (Å²) >= 11 is 0. The first-order chi connectivity index (χ1) is 11.5. The van der Waals surface area contributed by atoms with Crippen molar-refractivity contribution in [2.45, 2.75) is 40.2 Å². The van der Waals surface area contributed by atoms with Crippen molar-refractivity contribution in [2.75, 3.05) is 26.2 Å². The number of nitrogens with one attached hydrogen (secondary N) is 1. The van der Waals surface area contributed by atoms with E-state index in [4.69, 9.17) is 4.74 Å². The molecule has 5 heteroatoms. The van der Waals surface area contributed by atoms with E-state index < -0.39 is 12.0 Å². The van der Waals surface area contributed by atoms with Crippen molar-refractivity contribution in [1.82, 2.24) is 10.2 Å². The Balaban J connectivity index is 2.75. The van der Waals surface area contributed by atoms with Crippen LogP contribution in [0.2, 0.25) is 0 Å². The number of hydrogen-bond acceptors (Lipinski definition) is 4. The lowest BCUT2D eigenvalue weighted by atomic mass is 10.1. The van der Waals surface area contributed by atoms with Gasteiger partial charge in [0.1, 0.15) is 0 Å². The number of likely N-dealkylation sites (N-methyl/N-ethyl adjacent to an activating group) is 1. The van der Waals surface area contributed by atoms with Gasteiger partial charge in [0.15, 0.2) is 6.04 Å². The van der Waals surface area contributed by atoms with E-state index in [1.54, 1.807) is 0 Å². The van der Waals surface area contributed by atoms with Crippen molar-refractivity contribution in [3.63, 3.8) is 0 Å². The minimum atomic E-state index is -0.763. The number of esters is 1. The first-order valence-electron chi connectivity index (χ1n) is 8.71. The molecule has 1 rings (SSSR count). The van der Waals surface area contributed by atoms with Crippen LogP contribution in [-0.4, -0.2) is 43.0 Å². The first kappa shape index (κ1) is 20.2. The summed E-state index contributed by atoms with van der Waals surface area (Å²) in [6, 6.07) is 8.46. The molecule has 1 N–H and O–H groups in total. The number of carbonyl (C=O) groups is 2. The molecule has 1 aromatic carbocycles. The van der Waals surface area contributed by atoms with Gasteiger partial charge < -0.3 is 10.1 Å². The number of amides is 1. The van der Waals surface area contributed by atoms with Crippen LogP contribution in [0.5, 0.6) is 0 Å². The van der Waals surface area contributed by atoms with E-state index in [1.807, 2.05) is 49.1 Å². The van der Waals surface area contributed by atoms with Crippen molar-refractivity contribution >= 4 is 11.9 Å². The first-order valence-corrected chi connectivity index (χ1v) is 8.71. The molecular weight excluding hydrogens is 304 g/mol. The second kappa shape index (κ2) is 10.8. The fourth-order valence-corrected chi connectivity index (χ4v) is 2.26. The highest BCUT2D eigenvalue weighted by Crippen LogP contribution is 2.15. The van der Waals surface area contributed by atoms with E-state index >= 15 is 0 Å². The molecule has 0 heterocycles. The van der Waals surface area contributed by atoms with Crippen LogP contribution in [0, 0.1) is 5.92 Å². The van der Waals surface area contributed by atoms with Crippen LogP contribution in [0.4, 0.5) is 0 Å². The van der Waals surface area contributed by atoms with Crippen LogP contribution in [0.1, 0.15) is 45.7 Å². The molecule has 0 bridgehead atoms. The van der Waals surface area contributed by atoms with Gasteiger partial charge in [0.25, 0.3) is 0 Å². The molecule has 0 radical (unpaired) electrons. The second-order valence-corrected chi connectivity index (χ2v) is 6.22. The summed E-state index contributed by atoms with van der Waals surface area (Å²) < 4.78 is 5.36. The summed E-state index contributed by atoms with van der Waals surface area (Å²) in [5.41, 5.74) is 0.736. The topological polar surface area (TPSA) is 58.6 Å². The van der Waals surface area contributed by atoms with Crippen LogP contribution in [0.15, 0.2) is 30.3 Å². The van der Waals surface area contributed by atoms with Crippen molar-refractivity contribution < 1.29 is 14.3 Å². The van der Waals surface area contributed by atoms with Gasteiger partial charge in [-0.2, -0.15) is 0 Å². The van der Waals surface area contributed by atoms with E-state index in [-0.39, 0.29) is 12.5 Å². The Kier molecular flexibility index (Phi) is 9.08. The Hall–Kier alpha value is -1.88. The summed E-state index contributed by atoms with van der Waals surface area (Å²) in [6.45, 7) is 10.4. The quantitative estimate of drug-likeness (QED) is 0.669. The molecule has 0 aliphatic heterocycles. The minimum absolute atomic E-state index is 0.173. The zero-order valence-electron chi connectivity index (χ0n) is 15.2. The zero-order valence-corrected chi connectivity index (χ0v) is 15.2. The predicted octanol–water partition coefficient (Wildman–Crippen LogP) is 2.78. The number of rotatable bonds is 10. The number of nitrogens with zero attached hydrogens (tertiary/aromatic N) is 1. The highest BCUT2D eigenvalue weighted by atomic mass is 16.5. The van der Waals surface area contributed by atoms with Crippen LogP contribution in [0.3, 0.4) is 0 Å². The van der Waals surface area contributed by atoms with Crippen LogP contribution >= 0.6 is 0 Å². The van der Waals surface area contributed by atoms with Crippen molar-refractivity contribution in [3.8, 4) is 0 Å². The predicted molar refractivity (Wildman–Crippen MR) is 95.5 cm³/mol. The van der Waals surface area contributed by atoms with Gasteiger partial charge in [0.2, 0.25) is 5.91 Å². The highest BCUT2D eigenvalue weighted by molar-refractivity contribution is 5.86. The molecule has 0 saturated heterocycles. The average Bonchev–Trinajstić information content (AvgIpc) is 2.57. The van der Waals surface area contributed by atoms with Gasteiger partial charge in [0.05, 0.1) is 13.2 Å². The number of benzene rings is 1. The third-order valence-corrected chi connectivity index (χ3v) is 3.88. The van der Waals surface area contributed by atoms with Crippen molar-refractivity contribution in [2.24, 2.45) is 5.92 Å². The number of hydrogen-bond donors (Lipinski definition) is 1. The lowest BCUT2D eigenvalue weighted by molar-refractivity contribution is -0.148. The van der Waals surface area contributed by atoms with E-state index in [0.717, 1.165) is 25.1 Å². The number of carbonyl (C=O) groups excluding carboxylic acids is 2. The molecule has 1 atom stereocenters. The van der Waals surface area contributed by atoms with Gasteiger partial charge >= 0.3 is 5.97 Å². The normalized spacial score (nSPS) is 12.2. The van der Waals surface area contributed by atoms with Crippen molar-refractivity contribution in [3.05, 3.63) is 35.9 Å². The smallest absolute Gasteiger partial charge is 0.333 e. The van der Waals surface area contributed by atoms with Crippen LogP contribution in [0.25, 0.3) is 0 Å². The Morgan fingerprint density at radius 3 is 2.29 bits per heavy atom. The molecule has 0 spiro atoms. The summed E-state index contributed by atoms with van der Waals surface area (Å²) in [5, 5.41) is 2.82. The Morgan fingerprint density at radius 1 is 1.12 bits per heavy atom. The maximum atomic E-state index is 12.4. The van der Waals surface area contributed by atoms with Crippen molar-refractivity contribution in [1.29, 1.82) is 0 Å². The van der Waals surface area contributed by atoms with Gasteiger partial charge in [-0.25, -0.2) is 4.79 Å². The maximum absolute atomic E-state index is 12.4. The largest absolute Gasteiger partial charge is 0.464 e.